The van der Waals surface area contributed by atoms with Gasteiger partial charge in [0.15, 0.2) is 6.17 Å². The molecule has 0 aliphatic rings. The van der Waals surface area contributed by atoms with Gasteiger partial charge in [-0.15, -0.1) is 0 Å². The van der Waals surface area contributed by atoms with Gasteiger partial charge >= 0.3 is 32.4 Å². The second-order valence-corrected chi connectivity index (χ2v) is 8.92. The fourth-order valence-electron chi connectivity index (χ4n) is 2.57. The molecule has 0 saturated carbocycles. The van der Waals surface area contributed by atoms with E-state index in [0.29, 0.717) is 0 Å². The molecule has 3 nitrogen and oxygen atoms in total. The topological polar surface area (TPSA) is 27.7 Å². The van der Waals surface area contributed by atoms with E-state index in [4.69, 9.17) is 0 Å². The van der Waals surface area contributed by atoms with Crippen LogP contribution in [0.3, 0.4) is 0 Å². The molecular formula is C16H26F10O3Si. The van der Waals surface area contributed by atoms with Gasteiger partial charge in [-0.25, -0.2) is 4.39 Å². The minimum absolute atomic E-state index is 0.395. The summed E-state index contributed by atoms with van der Waals surface area (Å²) in [5, 5.41) is 0. The Balaban J connectivity index is 5.53. The van der Waals surface area contributed by atoms with Gasteiger partial charge in [-0.3, -0.25) is 0 Å². The first-order valence-corrected chi connectivity index (χ1v) is 11.0. The van der Waals surface area contributed by atoms with Crippen molar-refractivity contribution in [2.45, 2.75) is 82.6 Å². The molecule has 0 N–H and O–H groups in total. The maximum absolute atomic E-state index is 14.7. The van der Waals surface area contributed by atoms with Crippen LogP contribution in [0.2, 0.25) is 0 Å². The molecule has 14 heteroatoms. The third-order valence-corrected chi connectivity index (χ3v) is 7.10. The molecule has 0 rings (SSSR count). The first-order valence-electron chi connectivity index (χ1n) is 9.32. The van der Waals surface area contributed by atoms with Gasteiger partial charge < -0.3 is 13.3 Å². The minimum atomic E-state index is -6.25. The highest BCUT2D eigenvalue weighted by Gasteiger charge is 2.85. The lowest BCUT2D eigenvalue weighted by atomic mass is 10.0. The van der Waals surface area contributed by atoms with Crippen LogP contribution in [-0.4, -0.2) is 58.4 Å². The average molecular weight is 484 g/mol. The number of alkyl halides is 10. The van der Waals surface area contributed by atoms with E-state index >= 15 is 0 Å². The summed E-state index contributed by atoms with van der Waals surface area (Å²) >= 11 is 0. The maximum atomic E-state index is 14.7. The molecule has 0 amide bonds. The van der Waals surface area contributed by atoms with Crippen molar-refractivity contribution in [3.63, 3.8) is 0 Å². The van der Waals surface area contributed by atoms with Gasteiger partial charge in [0.2, 0.25) is 0 Å². The Bertz CT molecular complexity index is 485. The molecule has 0 aromatic carbocycles. The molecule has 0 radical (unpaired) electrons. The summed E-state index contributed by atoms with van der Waals surface area (Å²) in [5.41, 5.74) is -5.69. The normalized spacial score (nSPS) is 15.5. The number of halogens is 10. The second-order valence-electron chi connectivity index (χ2n) is 6.31. The highest BCUT2D eigenvalue weighted by Crippen LogP contribution is 2.53. The number of hydrogen-bond acceptors (Lipinski definition) is 3. The van der Waals surface area contributed by atoms with Crippen LogP contribution in [0.1, 0.15) is 52.9 Å². The number of unbranched alkanes of at least 4 members (excludes halogenated alkanes) is 2. The molecule has 1 atom stereocenters. The molecule has 0 heterocycles. The summed E-state index contributed by atoms with van der Waals surface area (Å²) < 4.78 is 150. The van der Waals surface area contributed by atoms with Gasteiger partial charge in [0.25, 0.3) is 0 Å². The standard InChI is InChI=1S/C16H26F10O3Si/c1-4-27-30(28-5-2,29-6-3)16(25,26)15(23,24)14(21,22)12(17)10-8-7-9-11-13(18,19)20/h12H,4-11H2,1-3H3. The zero-order chi connectivity index (χ0) is 23.9. The van der Waals surface area contributed by atoms with Crippen molar-refractivity contribution in [3.05, 3.63) is 0 Å². The smallest absolute Gasteiger partial charge is 0.370 e. The molecule has 0 fully saturated rings. The summed E-state index contributed by atoms with van der Waals surface area (Å²) in [6.45, 7) is 1.52. The molecule has 0 spiro atoms. The second kappa shape index (κ2) is 11.3. The predicted molar refractivity (Wildman–Crippen MR) is 89.5 cm³/mol. The van der Waals surface area contributed by atoms with Crippen molar-refractivity contribution in [1.82, 2.24) is 0 Å². The molecule has 0 bridgehead atoms. The first kappa shape index (κ1) is 29.4. The monoisotopic (exact) mass is 484 g/mol. The van der Waals surface area contributed by atoms with Gasteiger partial charge in [0, 0.05) is 26.2 Å². The van der Waals surface area contributed by atoms with Crippen LogP contribution in [0.25, 0.3) is 0 Å². The lowest BCUT2D eigenvalue weighted by molar-refractivity contribution is -0.315. The Morgan fingerprint density at radius 3 is 1.50 bits per heavy atom. The largest absolute Gasteiger partial charge is 0.582 e. The van der Waals surface area contributed by atoms with Crippen LogP contribution in [0.5, 0.6) is 0 Å². The fraction of sp³-hybridized carbons (Fsp3) is 1.00. The summed E-state index contributed by atoms with van der Waals surface area (Å²) in [6.07, 6.45) is -12.4. The molecule has 182 valence electrons. The first-order chi connectivity index (χ1) is 13.6. The van der Waals surface area contributed by atoms with E-state index in [2.05, 4.69) is 13.3 Å². The SMILES string of the molecule is CCO[Si](OCC)(OCC)C(F)(F)C(F)(F)C(F)(F)C(F)CCCCCC(F)(F)F. The Morgan fingerprint density at radius 1 is 0.700 bits per heavy atom. The predicted octanol–water partition coefficient (Wildman–Crippen LogP) is 6.33. The van der Waals surface area contributed by atoms with Gasteiger partial charge in [0.05, 0.1) is 0 Å². The Morgan fingerprint density at radius 2 is 1.13 bits per heavy atom. The maximum Gasteiger partial charge on any atom is 0.582 e. The molecule has 0 aromatic heterocycles. The Labute approximate surface area is 169 Å². The van der Waals surface area contributed by atoms with Crippen LogP contribution in [0, 0.1) is 0 Å². The zero-order valence-electron chi connectivity index (χ0n) is 16.7. The van der Waals surface area contributed by atoms with Gasteiger partial charge in [-0.05, 0) is 33.6 Å². The highest BCUT2D eigenvalue weighted by atomic mass is 28.4. The minimum Gasteiger partial charge on any atom is -0.370 e. The van der Waals surface area contributed by atoms with Gasteiger partial charge in [0.1, 0.15) is 0 Å². The fourth-order valence-corrected chi connectivity index (χ4v) is 5.06. The molecular weight excluding hydrogens is 458 g/mol. The van der Waals surface area contributed by atoms with E-state index in [-0.39, 0.29) is 0 Å². The van der Waals surface area contributed by atoms with Crippen molar-refractivity contribution >= 4 is 8.80 Å². The third kappa shape index (κ3) is 6.70. The van der Waals surface area contributed by atoms with Crippen molar-refractivity contribution in [3.8, 4) is 0 Å². The van der Waals surface area contributed by atoms with E-state index < -0.39 is 90.5 Å². The van der Waals surface area contributed by atoms with E-state index in [9.17, 15) is 43.9 Å². The summed E-state index contributed by atoms with van der Waals surface area (Å²) in [6, 6.07) is 0. The number of hydrogen-bond donors (Lipinski definition) is 0. The molecule has 0 aliphatic heterocycles. The zero-order valence-corrected chi connectivity index (χ0v) is 17.7. The van der Waals surface area contributed by atoms with E-state index in [0.717, 1.165) is 20.8 Å². The van der Waals surface area contributed by atoms with E-state index in [1.54, 1.807) is 0 Å². The van der Waals surface area contributed by atoms with Crippen molar-refractivity contribution < 1.29 is 57.2 Å². The molecule has 1 unspecified atom stereocenters. The molecule has 0 aromatic rings. The lowest BCUT2D eigenvalue weighted by Gasteiger charge is -2.41. The molecule has 30 heavy (non-hydrogen) atoms. The van der Waals surface area contributed by atoms with Gasteiger partial charge in [-0.2, -0.15) is 39.5 Å². The third-order valence-electron chi connectivity index (χ3n) is 4.01. The van der Waals surface area contributed by atoms with Crippen LogP contribution < -0.4 is 0 Å². The molecule has 0 saturated heterocycles. The molecule has 0 aliphatic carbocycles. The van der Waals surface area contributed by atoms with Crippen LogP contribution >= 0.6 is 0 Å². The summed E-state index contributed by atoms with van der Waals surface area (Å²) in [4.78, 5) is 0. The number of rotatable bonds is 15. The van der Waals surface area contributed by atoms with Crippen LogP contribution in [0.4, 0.5) is 43.9 Å². The summed E-state index contributed by atoms with van der Waals surface area (Å²) in [5.74, 6) is -12.1. The van der Waals surface area contributed by atoms with Crippen LogP contribution in [-0.2, 0) is 13.3 Å². The highest BCUT2D eigenvalue weighted by molar-refractivity contribution is 6.63. The van der Waals surface area contributed by atoms with Gasteiger partial charge in [-0.1, -0.05) is 12.8 Å². The van der Waals surface area contributed by atoms with Crippen molar-refractivity contribution in [1.29, 1.82) is 0 Å². The quantitative estimate of drug-likeness (QED) is 0.154. The summed E-state index contributed by atoms with van der Waals surface area (Å²) in [7, 11) is -5.73. The van der Waals surface area contributed by atoms with Crippen molar-refractivity contribution in [2.24, 2.45) is 0 Å². The van der Waals surface area contributed by atoms with E-state index in [1.165, 1.54) is 0 Å². The average Bonchev–Trinajstić information content (AvgIpc) is 2.60. The Hall–Kier alpha value is -0.603. The van der Waals surface area contributed by atoms with E-state index in [1.807, 2.05) is 0 Å². The lowest BCUT2D eigenvalue weighted by Crippen LogP contribution is -2.73. The van der Waals surface area contributed by atoms with Crippen LogP contribution in [0.15, 0.2) is 0 Å². The Kier molecular flexibility index (Phi) is 11.1. The van der Waals surface area contributed by atoms with Crippen molar-refractivity contribution in [2.75, 3.05) is 19.8 Å².